The van der Waals surface area contributed by atoms with Gasteiger partial charge in [0.15, 0.2) is 0 Å². The second kappa shape index (κ2) is 10.3. The number of hydrogen-bond acceptors (Lipinski definition) is 5. The molecule has 4 rings (SSSR count). The minimum Gasteiger partial charge on any atom is -0.391 e. The highest BCUT2D eigenvalue weighted by Crippen LogP contribution is 2.41. The Hall–Kier alpha value is -3.64. The van der Waals surface area contributed by atoms with E-state index >= 15 is 0 Å². The Morgan fingerprint density at radius 1 is 0.976 bits per heavy atom. The molecule has 0 aliphatic carbocycles. The van der Waals surface area contributed by atoms with E-state index in [4.69, 9.17) is 0 Å². The van der Waals surface area contributed by atoms with E-state index < -0.39 is 52.2 Å². The van der Waals surface area contributed by atoms with Crippen molar-refractivity contribution in [2.24, 2.45) is 0 Å². The number of alkyl halides is 6. The molecule has 220 valence electrons. The summed E-state index contributed by atoms with van der Waals surface area (Å²) in [5.41, 5.74) is -5.34. The smallest absolute Gasteiger partial charge is 0.391 e. The van der Waals surface area contributed by atoms with E-state index in [2.05, 4.69) is 4.98 Å². The van der Waals surface area contributed by atoms with Gasteiger partial charge in [-0.3, -0.25) is 4.79 Å². The molecule has 0 bridgehead atoms. The quantitative estimate of drug-likeness (QED) is 0.361. The molecule has 1 aliphatic heterocycles. The van der Waals surface area contributed by atoms with Gasteiger partial charge in [-0.05, 0) is 56.2 Å². The summed E-state index contributed by atoms with van der Waals surface area (Å²) in [5.74, 6) is -0.470. The van der Waals surface area contributed by atoms with Gasteiger partial charge in [0.2, 0.25) is 5.91 Å². The number of benzene rings is 2. The van der Waals surface area contributed by atoms with Crippen molar-refractivity contribution in [3.8, 4) is 11.1 Å². The zero-order chi connectivity index (χ0) is 30.5. The van der Waals surface area contributed by atoms with Gasteiger partial charge in [0.05, 0.1) is 34.5 Å². The van der Waals surface area contributed by atoms with E-state index in [9.17, 15) is 41.4 Å². The fourth-order valence-corrected chi connectivity index (χ4v) is 5.04. The molecular formula is C29H29F6N3O3. The van der Waals surface area contributed by atoms with Crippen LogP contribution in [0.1, 0.15) is 43.9 Å². The molecule has 41 heavy (non-hydrogen) atoms. The van der Waals surface area contributed by atoms with Crippen LogP contribution in [0.15, 0.2) is 60.8 Å². The van der Waals surface area contributed by atoms with E-state index in [1.165, 1.54) is 38.9 Å². The number of pyridine rings is 1. The first-order valence-electron chi connectivity index (χ1n) is 12.6. The molecule has 1 fully saturated rings. The largest absolute Gasteiger partial charge is 0.416 e. The Labute approximate surface area is 232 Å². The van der Waals surface area contributed by atoms with Crippen LogP contribution in [0, 0.1) is 0 Å². The number of likely N-dealkylation sites (N-methyl/N-ethyl adjacent to an activating group) is 1. The average molecular weight is 582 g/mol. The Balaban J connectivity index is 1.80. The summed E-state index contributed by atoms with van der Waals surface area (Å²) in [6.45, 7) is 4.15. The summed E-state index contributed by atoms with van der Waals surface area (Å²) >= 11 is 0. The summed E-state index contributed by atoms with van der Waals surface area (Å²) in [6.07, 6.45) is -9.50. The molecule has 12 heteroatoms. The molecule has 1 saturated heterocycles. The molecule has 0 radical (unpaired) electrons. The number of hydrogen-bond donors (Lipinski definition) is 2. The molecule has 6 nitrogen and oxygen atoms in total. The summed E-state index contributed by atoms with van der Waals surface area (Å²) in [5, 5.41) is 20.9. The third-order valence-corrected chi connectivity index (χ3v) is 7.34. The molecule has 1 aromatic heterocycles. The highest BCUT2D eigenvalue weighted by Gasteiger charge is 2.43. The number of aliphatic hydroxyl groups is 2. The molecule has 2 atom stereocenters. The van der Waals surface area contributed by atoms with Gasteiger partial charge < -0.3 is 20.0 Å². The van der Waals surface area contributed by atoms with Crippen molar-refractivity contribution in [1.29, 1.82) is 0 Å². The first-order valence-corrected chi connectivity index (χ1v) is 12.6. The molecule has 3 aromatic rings. The summed E-state index contributed by atoms with van der Waals surface area (Å²) in [6, 6.07) is 11.5. The lowest BCUT2D eigenvalue weighted by molar-refractivity contribution is -0.143. The number of halogens is 6. The van der Waals surface area contributed by atoms with Gasteiger partial charge >= 0.3 is 12.4 Å². The van der Waals surface area contributed by atoms with Crippen LogP contribution < -0.4 is 9.80 Å². The van der Waals surface area contributed by atoms with Crippen molar-refractivity contribution in [3.05, 3.63) is 77.5 Å². The van der Waals surface area contributed by atoms with Gasteiger partial charge in [0, 0.05) is 25.6 Å². The van der Waals surface area contributed by atoms with Crippen LogP contribution in [0.5, 0.6) is 0 Å². The molecule has 0 spiro atoms. The number of rotatable bonds is 5. The molecule has 2 aromatic carbocycles. The minimum absolute atomic E-state index is 0.0220. The second-order valence-electron chi connectivity index (χ2n) is 10.9. The molecule has 1 amide bonds. The Morgan fingerprint density at radius 3 is 2.00 bits per heavy atom. The predicted octanol–water partition coefficient (Wildman–Crippen LogP) is 6.01. The summed E-state index contributed by atoms with van der Waals surface area (Å²) in [7, 11) is 1.36. The fraction of sp³-hybridized carbons (Fsp3) is 0.379. The normalized spacial score (nSPS) is 19.9. The molecule has 2 unspecified atom stereocenters. The second-order valence-corrected chi connectivity index (χ2v) is 10.9. The maximum absolute atomic E-state index is 13.8. The zero-order valence-corrected chi connectivity index (χ0v) is 22.7. The summed E-state index contributed by atoms with van der Waals surface area (Å²) in [4.78, 5) is 20.9. The van der Waals surface area contributed by atoms with Crippen LogP contribution in [0.2, 0.25) is 0 Å². The minimum atomic E-state index is -5.06. The standard InChI is InChI=1S/C29H29F6N3O3/c1-26(2,18-10-19(28(30,31)32)12-20(11-18)29(33,34)35)25(40)37(4)23-15-36-24(38-16-21(39)14-27(38,3)41)13-22(23)17-8-6-5-7-9-17/h5-13,15,21,39,41H,14,16H2,1-4H3. The van der Waals surface area contributed by atoms with Gasteiger partial charge in [-0.2, -0.15) is 26.3 Å². The van der Waals surface area contributed by atoms with Crippen molar-refractivity contribution in [2.45, 2.75) is 56.8 Å². The van der Waals surface area contributed by atoms with Crippen molar-refractivity contribution < 1.29 is 41.4 Å². The molecular weight excluding hydrogens is 552 g/mol. The third-order valence-electron chi connectivity index (χ3n) is 7.34. The fourth-order valence-electron chi connectivity index (χ4n) is 5.04. The van der Waals surface area contributed by atoms with Crippen molar-refractivity contribution >= 4 is 17.4 Å². The number of aliphatic hydroxyl groups excluding tert-OH is 1. The number of nitrogens with zero attached hydrogens (tertiary/aromatic N) is 3. The maximum Gasteiger partial charge on any atom is 0.416 e. The first-order chi connectivity index (χ1) is 18.8. The molecule has 2 heterocycles. The van der Waals surface area contributed by atoms with Crippen LogP contribution in [-0.4, -0.2) is 46.5 Å². The average Bonchev–Trinajstić information content (AvgIpc) is 3.18. The van der Waals surface area contributed by atoms with Crippen molar-refractivity contribution in [1.82, 2.24) is 4.98 Å². The van der Waals surface area contributed by atoms with E-state index in [0.717, 1.165) is 4.90 Å². The SMILES string of the molecule is CN(C(=O)C(C)(C)c1cc(C(F)(F)F)cc(C(F)(F)F)c1)c1cnc(N2CC(O)CC2(C)O)cc1-c1ccccc1. The molecule has 2 N–H and O–H groups in total. The van der Waals surface area contributed by atoms with E-state index in [1.807, 2.05) is 0 Å². The molecule has 0 saturated carbocycles. The van der Waals surface area contributed by atoms with Gasteiger partial charge in [-0.15, -0.1) is 0 Å². The number of amides is 1. The predicted molar refractivity (Wildman–Crippen MR) is 141 cm³/mol. The van der Waals surface area contributed by atoms with Crippen LogP contribution in [0.4, 0.5) is 37.8 Å². The Kier molecular flexibility index (Phi) is 7.63. The van der Waals surface area contributed by atoms with Gasteiger partial charge in [-0.1, -0.05) is 30.3 Å². The lowest BCUT2D eigenvalue weighted by atomic mass is 9.81. The summed E-state index contributed by atoms with van der Waals surface area (Å²) < 4.78 is 81.2. The number of carbonyl (C=O) groups is 1. The lowest BCUT2D eigenvalue weighted by Crippen LogP contribution is -2.43. The number of carbonyl (C=O) groups excluding carboxylic acids is 1. The van der Waals surface area contributed by atoms with Crippen molar-refractivity contribution in [3.63, 3.8) is 0 Å². The Morgan fingerprint density at radius 2 is 1.51 bits per heavy atom. The lowest BCUT2D eigenvalue weighted by Gasteiger charge is -2.33. The monoisotopic (exact) mass is 581 g/mol. The topological polar surface area (TPSA) is 76.9 Å². The highest BCUT2D eigenvalue weighted by atomic mass is 19.4. The van der Waals surface area contributed by atoms with Gasteiger partial charge in [0.1, 0.15) is 11.5 Å². The maximum atomic E-state index is 13.8. The van der Waals surface area contributed by atoms with E-state index in [1.54, 1.807) is 36.4 Å². The van der Waals surface area contributed by atoms with Gasteiger partial charge in [0.25, 0.3) is 0 Å². The van der Waals surface area contributed by atoms with Crippen LogP contribution in [0.25, 0.3) is 11.1 Å². The van der Waals surface area contributed by atoms with E-state index in [0.29, 0.717) is 29.1 Å². The number of β-amino-alcohol motifs (C(OH)–C–C–N with tert-alkyl or cyclic N) is 1. The number of anilines is 2. The first kappa shape index (κ1) is 30.3. The Bertz CT molecular complexity index is 1410. The third kappa shape index (κ3) is 6.03. The van der Waals surface area contributed by atoms with Crippen molar-refractivity contribution in [2.75, 3.05) is 23.4 Å². The van der Waals surface area contributed by atoms with E-state index in [-0.39, 0.29) is 24.7 Å². The highest BCUT2D eigenvalue weighted by molar-refractivity contribution is 6.03. The van der Waals surface area contributed by atoms with Crippen LogP contribution in [-0.2, 0) is 22.6 Å². The van der Waals surface area contributed by atoms with Crippen LogP contribution in [0.3, 0.4) is 0 Å². The van der Waals surface area contributed by atoms with Gasteiger partial charge in [-0.25, -0.2) is 4.98 Å². The number of aromatic nitrogens is 1. The zero-order valence-electron chi connectivity index (χ0n) is 22.7. The molecule has 1 aliphatic rings. The van der Waals surface area contributed by atoms with Crippen LogP contribution >= 0.6 is 0 Å².